The summed E-state index contributed by atoms with van der Waals surface area (Å²) in [4.78, 5) is 0. The zero-order chi connectivity index (χ0) is 21.8. The van der Waals surface area contributed by atoms with Crippen LogP contribution >= 0.6 is 0 Å². The van der Waals surface area contributed by atoms with Crippen LogP contribution in [-0.4, -0.2) is 37.7 Å². The van der Waals surface area contributed by atoms with Gasteiger partial charge in [-0.2, -0.15) is 0 Å². The molecule has 0 bridgehead atoms. The Morgan fingerprint density at radius 2 is 1.41 bits per heavy atom. The van der Waals surface area contributed by atoms with Crippen molar-refractivity contribution in [1.82, 2.24) is 0 Å². The maximum Gasteiger partial charge on any atom is 0.128 e. The SMILES string of the molecule is Cc1c(C(C)C(C)O)cc(O)c(C2OC(C)C(C)c3c(C)c(O)cc(O)c32)c1O. The molecular formula is C23H30O6. The molecule has 1 aliphatic rings. The molecule has 29 heavy (non-hydrogen) atoms. The molecule has 0 aliphatic carbocycles. The van der Waals surface area contributed by atoms with E-state index in [0.29, 0.717) is 22.3 Å². The Kier molecular flexibility index (Phi) is 5.45. The summed E-state index contributed by atoms with van der Waals surface area (Å²) < 4.78 is 6.14. The highest BCUT2D eigenvalue weighted by atomic mass is 16.5. The van der Waals surface area contributed by atoms with Crippen molar-refractivity contribution >= 4 is 0 Å². The first-order valence-corrected chi connectivity index (χ1v) is 9.91. The second-order valence-corrected chi connectivity index (χ2v) is 8.28. The molecule has 6 heteroatoms. The number of hydrogen-bond acceptors (Lipinski definition) is 6. The number of phenols is 4. The predicted molar refractivity (Wildman–Crippen MR) is 110 cm³/mol. The summed E-state index contributed by atoms with van der Waals surface area (Å²) in [5.41, 5.74) is 3.18. The van der Waals surface area contributed by atoms with E-state index in [2.05, 4.69) is 0 Å². The number of benzene rings is 2. The van der Waals surface area contributed by atoms with Crippen LogP contribution in [0.4, 0.5) is 0 Å². The molecule has 1 aliphatic heterocycles. The lowest BCUT2D eigenvalue weighted by molar-refractivity contribution is -0.0111. The van der Waals surface area contributed by atoms with Crippen molar-refractivity contribution in [2.45, 2.75) is 71.7 Å². The third-order valence-corrected chi connectivity index (χ3v) is 6.49. The normalized spacial score (nSPS) is 23.5. The highest BCUT2D eigenvalue weighted by Crippen LogP contribution is 2.53. The monoisotopic (exact) mass is 402 g/mol. The standard InChI is InChI=1S/C23H30O6/c1-9(13(5)24)15-7-17(26)21(22(28)11(15)3)23-20-18(27)8-16(25)12(4)19(20)10(2)14(6)29-23/h7-10,13-14,23-28H,1-6H3. The van der Waals surface area contributed by atoms with Crippen LogP contribution in [0.2, 0.25) is 0 Å². The zero-order valence-electron chi connectivity index (χ0n) is 17.7. The third-order valence-electron chi connectivity index (χ3n) is 6.49. The quantitative estimate of drug-likeness (QED) is 0.526. The van der Waals surface area contributed by atoms with Gasteiger partial charge in [-0.1, -0.05) is 13.8 Å². The maximum absolute atomic E-state index is 11.0. The molecule has 0 saturated carbocycles. The summed E-state index contributed by atoms with van der Waals surface area (Å²) >= 11 is 0. The van der Waals surface area contributed by atoms with Gasteiger partial charge in [0.15, 0.2) is 0 Å². The largest absolute Gasteiger partial charge is 0.508 e. The number of aromatic hydroxyl groups is 4. The van der Waals surface area contributed by atoms with E-state index in [-0.39, 0.29) is 46.5 Å². The number of ether oxygens (including phenoxy) is 1. The van der Waals surface area contributed by atoms with Gasteiger partial charge in [-0.05, 0) is 56.0 Å². The first-order chi connectivity index (χ1) is 13.5. The summed E-state index contributed by atoms with van der Waals surface area (Å²) in [5.74, 6) is -0.837. The minimum Gasteiger partial charge on any atom is -0.508 e. The van der Waals surface area contributed by atoms with E-state index < -0.39 is 12.2 Å². The van der Waals surface area contributed by atoms with E-state index in [1.807, 2.05) is 20.8 Å². The van der Waals surface area contributed by atoms with Crippen LogP contribution in [0.25, 0.3) is 0 Å². The predicted octanol–water partition coefficient (Wildman–Crippen LogP) is 4.22. The fraction of sp³-hybridized carbons (Fsp3) is 0.478. The zero-order valence-corrected chi connectivity index (χ0v) is 17.7. The maximum atomic E-state index is 11.0. The van der Waals surface area contributed by atoms with Crippen LogP contribution in [0, 0.1) is 13.8 Å². The topological polar surface area (TPSA) is 110 Å². The Balaban J connectivity index is 2.27. The van der Waals surface area contributed by atoms with E-state index >= 15 is 0 Å². The first-order valence-electron chi connectivity index (χ1n) is 9.91. The lowest BCUT2D eigenvalue weighted by Gasteiger charge is -2.37. The molecule has 0 amide bonds. The van der Waals surface area contributed by atoms with Gasteiger partial charge in [0.2, 0.25) is 0 Å². The van der Waals surface area contributed by atoms with Crippen LogP contribution in [0.3, 0.4) is 0 Å². The van der Waals surface area contributed by atoms with E-state index in [9.17, 15) is 25.5 Å². The molecule has 1 heterocycles. The molecule has 0 spiro atoms. The van der Waals surface area contributed by atoms with Gasteiger partial charge in [0.1, 0.15) is 29.1 Å². The molecule has 0 fully saturated rings. The minimum absolute atomic E-state index is 0.00770. The van der Waals surface area contributed by atoms with Gasteiger partial charge < -0.3 is 30.3 Å². The van der Waals surface area contributed by atoms with Crippen molar-refractivity contribution in [3.8, 4) is 23.0 Å². The van der Waals surface area contributed by atoms with E-state index in [1.165, 1.54) is 12.1 Å². The molecule has 2 aromatic carbocycles. The molecule has 0 aromatic heterocycles. The van der Waals surface area contributed by atoms with Crippen LogP contribution in [0.15, 0.2) is 12.1 Å². The van der Waals surface area contributed by atoms with Crippen molar-refractivity contribution in [1.29, 1.82) is 0 Å². The Labute approximate surface area is 171 Å². The Morgan fingerprint density at radius 3 is 2.00 bits per heavy atom. The lowest BCUT2D eigenvalue weighted by Crippen LogP contribution is -2.29. The fourth-order valence-corrected chi connectivity index (χ4v) is 4.29. The summed E-state index contributed by atoms with van der Waals surface area (Å²) in [5, 5.41) is 52.6. The molecule has 6 nitrogen and oxygen atoms in total. The minimum atomic E-state index is -0.898. The summed E-state index contributed by atoms with van der Waals surface area (Å²) in [6.45, 7) is 10.8. The van der Waals surface area contributed by atoms with Crippen molar-refractivity contribution in [3.05, 3.63) is 45.5 Å². The van der Waals surface area contributed by atoms with E-state index in [4.69, 9.17) is 4.74 Å². The number of rotatable bonds is 3. The summed E-state index contributed by atoms with van der Waals surface area (Å²) in [6.07, 6.45) is -1.83. The Hall–Kier alpha value is -2.44. The highest BCUT2D eigenvalue weighted by molar-refractivity contribution is 5.62. The second kappa shape index (κ2) is 7.43. The smallest absolute Gasteiger partial charge is 0.128 e. The Morgan fingerprint density at radius 1 is 0.828 bits per heavy atom. The molecule has 5 atom stereocenters. The van der Waals surface area contributed by atoms with Crippen LogP contribution in [0.5, 0.6) is 23.0 Å². The lowest BCUT2D eigenvalue weighted by atomic mass is 9.79. The highest BCUT2D eigenvalue weighted by Gasteiger charge is 2.39. The van der Waals surface area contributed by atoms with Crippen LogP contribution in [-0.2, 0) is 4.74 Å². The van der Waals surface area contributed by atoms with E-state index in [1.54, 1.807) is 20.8 Å². The number of fused-ring (bicyclic) bond motifs is 1. The van der Waals surface area contributed by atoms with Gasteiger partial charge in [-0.25, -0.2) is 0 Å². The molecule has 158 valence electrons. The number of aliphatic hydroxyl groups excluding tert-OH is 1. The third kappa shape index (κ3) is 3.30. The van der Waals surface area contributed by atoms with Gasteiger partial charge in [-0.15, -0.1) is 0 Å². The average molecular weight is 402 g/mol. The molecular weight excluding hydrogens is 372 g/mol. The molecule has 0 radical (unpaired) electrons. The average Bonchev–Trinajstić information content (AvgIpc) is 2.64. The summed E-state index contributed by atoms with van der Waals surface area (Å²) in [7, 11) is 0. The summed E-state index contributed by atoms with van der Waals surface area (Å²) in [6, 6.07) is 2.80. The van der Waals surface area contributed by atoms with Crippen molar-refractivity contribution in [3.63, 3.8) is 0 Å². The number of hydrogen-bond donors (Lipinski definition) is 5. The van der Waals surface area contributed by atoms with Crippen molar-refractivity contribution in [2.24, 2.45) is 0 Å². The molecule has 2 aromatic rings. The molecule has 3 rings (SSSR count). The number of aliphatic hydroxyl groups is 1. The van der Waals surface area contributed by atoms with E-state index in [0.717, 1.165) is 5.56 Å². The molecule has 0 saturated heterocycles. The molecule has 5 N–H and O–H groups in total. The van der Waals surface area contributed by atoms with Gasteiger partial charge >= 0.3 is 0 Å². The Bertz CT molecular complexity index is 949. The second-order valence-electron chi connectivity index (χ2n) is 8.28. The first kappa shape index (κ1) is 21.3. The van der Waals surface area contributed by atoms with Gasteiger partial charge in [0.25, 0.3) is 0 Å². The van der Waals surface area contributed by atoms with Gasteiger partial charge in [0.05, 0.1) is 17.8 Å². The van der Waals surface area contributed by atoms with Crippen LogP contribution in [0.1, 0.15) is 79.0 Å². The van der Waals surface area contributed by atoms with Crippen molar-refractivity contribution < 1.29 is 30.3 Å². The fourth-order valence-electron chi connectivity index (χ4n) is 4.29. The van der Waals surface area contributed by atoms with Crippen LogP contribution < -0.4 is 0 Å². The number of phenolic OH excluding ortho intramolecular Hbond substituents is 4. The van der Waals surface area contributed by atoms with Gasteiger partial charge in [0, 0.05) is 23.5 Å². The van der Waals surface area contributed by atoms with Gasteiger partial charge in [-0.3, -0.25) is 0 Å². The molecule has 5 unspecified atom stereocenters. The van der Waals surface area contributed by atoms with Crippen molar-refractivity contribution in [2.75, 3.05) is 0 Å².